The van der Waals surface area contributed by atoms with Gasteiger partial charge in [-0.2, -0.15) is 0 Å². The topological polar surface area (TPSA) is 53.1 Å². The summed E-state index contributed by atoms with van der Waals surface area (Å²) in [5.74, 6) is 0.610. The van der Waals surface area contributed by atoms with Gasteiger partial charge in [0.15, 0.2) is 0 Å². The second-order valence-electron chi connectivity index (χ2n) is 5.63. The summed E-state index contributed by atoms with van der Waals surface area (Å²) in [4.78, 5) is 2.26. The zero-order valence-electron chi connectivity index (χ0n) is 11.9. The van der Waals surface area contributed by atoms with Crippen molar-refractivity contribution in [3.8, 4) is 0 Å². The molecule has 4 heteroatoms. The standard InChI is InChI=1S/C17H18ClN3/c1-11-8-12-4-2-3-5-15(12)21(10-11)16-7-6-13(17(19)20)9-14(16)18/h2-7,9,11H,8,10H2,1H3,(H3,19,20). The fourth-order valence-electron chi connectivity index (χ4n) is 2.92. The maximum Gasteiger partial charge on any atom is 0.122 e. The van der Waals surface area contributed by atoms with Crippen molar-refractivity contribution in [1.82, 2.24) is 0 Å². The maximum atomic E-state index is 7.50. The molecule has 1 unspecified atom stereocenters. The highest BCUT2D eigenvalue weighted by molar-refractivity contribution is 6.33. The molecule has 0 fully saturated rings. The number of nitrogens with two attached hydrogens (primary N) is 1. The van der Waals surface area contributed by atoms with E-state index in [0.29, 0.717) is 16.5 Å². The Balaban J connectivity index is 2.06. The molecule has 0 spiro atoms. The van der Waals surface area contributed by atoms with Gasteiger partial charge in [0.25, 0.3) is 0 Å². The number of hydrogen-bond acceptors (Lipinski definition) is 2. The van der Waals surface area contributed by atoms with Crippen molar-refractivity contribution < 1.29 is 0 Å². The van der Waals surface area contributed by atoms with Crippen molar-refractivity contribution in [3.05, 3.63) is 58.6 Å². The van der Waals surface area contributed by atoms with Gasteiger partial charge in [0.2, 0.25) is 0 Å². The third kappa shape index (κ3) is 2.61. The Labute approximate surface area is 129 Å². The summed E-state index contributed by atoms with van der Waals surface area (Å²) in [6.45, 7) is 3.19. The average Bonchev–Trinajstić information content (AvgIpc) is 2.46. The monoisotopic (exact) mass is 299 g/mol. The second kappa shape index (κ2) is 5.41. The molecule has 1 aliphatic rings. The van der Waals surface area contributed by atoms with Gasteiger partial charge in [0, 0.05) is 17.8 Å². The molecule has 0 aromatic heterocycles. The Morgan fingerprint density at radius 2 is 2.00 bits per heavy atom. The van der Waals surface area contributed by atoms with Gasteiger partial charge >= 0.3 is 0 Å². The van der Waals surface area contributed by atoms with Crippen molar-refractivity contribution in [2.24, 2.45) is 11.7 Å². The van der Waals surface area contributed by atoms with E-state index in [1.54, 1.807) is 6.07 Å². The lowest BCUT2D eigenvalue weighted by Crippen LogP contribution is -2.30. The summed E-state index contributed by atoms with van der Waals surface area (Å²) >= 11 is 6.43. The average molecular weight is 300 g/mol. The summed E-state index contributed by atoms with van der Waals surface area (Å²) in [5, 5.41) is 8.13. The number of amidine groups is 1. The predicted octanol–water partition coefficient (Wildman–Crippen LogP) is 3.95. The minimum Gasteiger partial charge on any atom is -0.384 e. The zero-order chi connectivity index (χ0) is 15.0. The van der Waals surface area contributed by atoms with Crippen LogP contribution < -0.4 is 10.6 Å². The first kappa shape index (κ1) is 14.0. The van der Waals surface area contributed by atoms with E-state index >= 15 is 0 Å². The minimum absolute atomic E-state index is 0.0378. The zero-order valence-corrected chi connectivity index (χ0v) is 12.7. The highest BCUT2D eigenvalue weighted by atomic mass is 35.5. The Bertz CT molecular complexity index is 696. The van der Waals surface area contributed by atoms with Crippen molar-refractivity contribution in [1.29, 1.82) is 5.41 Å². The molecule has 0 saturated heterocycles. The normalized spacial score (nSPS) is 17.4. The molecule has 3 nitrogen and oxygen atoms in total. The Hall–Kier alpha value is -2.00. The fraction of sp³-hybridized carbons (Fsp3) is 0.235. The highest BCUT2D eigenvalue weighted by Crippen LogP contribution is 2.38. The van der Waals surface area contributed by atoms with E-state index < -0.39 is 0 Å². The SMILES string of the molecule is CC1Cc2ccccc2N(c2ccc(C(=N)N)cc2Cl)C1. The molecule has 0 saturated carbocycles. The van der Waals surface area contributed by atoms with Gasteiger partial charge in [-0.25, -0.2) is 0 Å². The van der Waals surface area contributed by atoms with Gasteiger partial charge in [0.1, 0.15) is 5.84 Å². The number of fused-ring (bicyclic) bond motifs is 1. The molecule has 2 aromatic rings. The molecule has 0 bridgehead atoms. The van der Waals surface area contributed by atoms with E-state index in [-0.39, 0.29) is 5.84 Å². The first-order valence-corrected chi connectivity index (χ1v) is 7.43. The van der Waals surface area contributed by atoms with Crippen LogP contribution in [0.3, 0.4) is 0 Å². The Kier molecular flexibility index (Phi) is 3.60. The van der Waals surface area contributed by atoms with Crippen molar-refractivity contribution in [2.75, 3.05) is 11.4 Å². The Morgan fingerprint density at radius 3 is 2.71 bits per heavy atom. The first-order chi connectivity index (χ1) is 10.1. The van der Waals surface area contributed by atoms with Crippen LogP contribution >= 0.6 is 11.6 Å². The third-order valence-corrected chi connectivity index (χ3v) is 4.20. The van der Waals surface area contributed by atoms with Crippen LogP contribution in [0.4, 0.5) is 11.4 Å². The molecule has 1 aliphatic heterocycles. The first-order valence-electron chi connectivity index (χ1n) is 7.05. The Morgan fingerprint density at radius 1 is 1.24 bits per heavy atom. The molecule has 1 heterocycles. The summed E-state index contributed by atoms with van der Waals surface area (Å²) in [6.07, 6.45) is 1.09. The lowest BCUT2D eigenvalue weighted by atomic mass is 9.93. The van der Waals surface area contributed by atoms with Crippen LogP contribution in [-0.4, -0.2) is 12.4 Å². The largest absolute Gasteiger partial charge is 0.384 e. The summed E-state index contributed by atoms with van der Waals surface area (Å²) < 4.78 is 0. The minimum atomic E-state index is 0.0378. The lowest BCUT2D eigenvalue weighted by Gasteiger charge is -2.35. The number of rotatable bonds is 2. The van der Waals surface area contributed by atoms with Crippen LogP contribution in [0.25, 0.3) is 0 Å². The number of anilines is 2. The third-order valence-electron chi connectivity index (χ3n) is 3.89. The van der Waals surface area contributed by atoms with E-state index in [4.69, 9.17) is 22.7 Å². The molecular formula is C17H18ClN3. The fourth-order valence-corrected chi connectivity index (χ4v) is 3.20. The summed E-state index contributed by atoms with van der Waals surface area (Å²) in [5.41, 5.74) is 9.71. The number of nitrogens with zero attached hydrogens (tertiary/aromatic N) is 1. The van der Waals surface area contributed by atoms with Gasteiger partial charge in [-0.1, -0.05) is 36.7 Å². The van der Waals surface area contributed by atoms with E-state index in [1.165, 1.54) is 11.3 Å². The van der Waals surface area contributed by atoms with Gasteiger partial charge in [-0.05, 0) is 42.2 Å². The van der Waals surface area contributed by atoms with Crippen molar-refractivity contribution >= 4 is 28.8 Å². The number of halogens is 1. The summed E-state index contributed by atoms with van der Waals surface area (Å²) in [7, 11) is 0. The highest BCUT2D eigenvalue weighted by Gasteiger charge is 2.24. The molecule has 0 amide bonds. The summed E-state index contributed by atoms with van der Waals surface area (Å²) in [6, 6.07) is 14.0. The van der Waals surface area contributed by atoms with Gasteiger partial charge in [-0.15, -0.1) is 0 Å². The number of para-hydroxylation sites is 1. The van der Waals surface area contributed by atoms with Crippen LogP contribution in [0.5, 0.6) is 0 Å². The van der Waals surface area contributed by atoms with Crippen LogP contribution in [0.15, 0.2) is 42.5 Å². The van der Waals surface area contributed by atoms with Crippen molar-refractivity contribution in [2.45, 2.75) is 13.3 Å². The molecule has 21 heavy (non-hydrogen) atoms. The number of nitrogen functional groups attached to an aromatic ring is 1. The number of benzene rings is 2. The van der Waals surface area contributed by atoms with Crippen LogP contribution in [0.1, 0.15) is 18.1 Å². The van der Waals surface area contributed by atoms with E-state index in [9.17, 15) is 0 Å². The smallest absolute Gasteiger partial charge is 0.122 e. The van der Waals surface area contributed by atoms with Gasteiger partial charge < -0.3 is 10.6 Å². The molecule has 3 rings (SSSR count). The molecule has 108 valence electrons. The van der Waals surface area contributed by atoms with Gasteiger partial charge in [0.05, 0.1) is 10.7 Å². The second-order valence-corrected chi connectivity index (χ2v) is 6.04. The van der Waals surface area contributed by atoms with Crippen LogP contribution in [0.2, 0.25) is 5.02 Å². The molecule has 1 atom stereocenters. The van der Waals surface area contributed by atoms with Gasteiger partial charge in [-0.3, -0.25) is 5.41 Å². The molecule has 2 aromatic carbocycles. The van der Waals surface area contributed by atoms with E-state index in [0.717, 1.165) is 18.7 Å². The number of hydrogen-bond donors (Lipinski definition) is 2. The maximum absolute atomic E-state index is 7.50. The molecule has 3 N–H and O–H groups in total. The van der Waals surface area contributed by atoms with E-state index in [2.05, 4.69) is 36.1 Å². The van der Waals surface area contributed by atoms with Crippen molar-refractivity contribution in [3.63, 3.8) is 0 Å². The van der Waals surface area contributed by atoms with Crippen LogP contribution in [0, 0.1) is 11.3 Å². The number of nitrogens with one attached hydrogen (secondary N) is 1. The predicted molar refractivity (Wildman–Crippen MR) is 88.8 cm³/mol. The molecular weight excluding hydrogens is 282 g/mol. The van der Waals surface area contributed by atoms with Crippen LogP contribution in [-0.2, 0) is 6.42 Å². The quantitative estimate of drug-likeness (QED) is 0.651. The molecule has 0 radical (unpaired) electrons. The van der Waals surface area contributed by atoms with E-state index in [1.807, 2.05) is 12.1 Å². The lowest BCUT2D eigenvalue weighted by molar-refractivity contribution is 0.562. The molecule has 0 aliphatic carbocycles.